The number of primary amides is 1. The highest BCUT2D eigenvalue weighted by molar-refractivity contribution is 5.91. The average molecular weight is 295 g/mol. The summed E-state index contributed by atoms with van der Waals surface area (Å²) in [5.74, 6) is -0.0325. The van der Waals surface area contributed by atoms with Gasteiger partial charge in [-0.05, 0) is 18.2 Å². The molecule has 3 heterocycles. The molecule has 3 rings (SSSR count). The molecule has 1 amide bonds. The molecule has 1 aliphatic heterocycles. The molecule has 0 unspecified atom stereocenters. The lowest BCUT2D eigenvalue weighted by Gasteiger charge is -2.40. The molecule has 2 aromatic rings. The Morgan fingerprint density at radius 2 is 2.18 bits per heavy atom. The molecule has 2 aromatic heterocycles. The molecule has 22 heavy (non-hydrogen) atoms. The molecular weight excluding hydrogens is 282 g/mol. The van der Waals surface area contributed by atoms with E-state index in [1.807, 2.05) is 11.0 Å². The van der Waals surface area contributed by atoms with E-state index < -0.39 is 5.91 Å². The van der Waals surface area contributed by atoms with Crippen molar-refractivity contribution < 1.29 is 9.53 Å². The molecule has 1 saturated heterocycles. The van der Waals surface area contributed by atoms with Crippen LogP contribution in [0, 0.1) is 11.3 Å². The number of hydrogen-bond donors (Lipinski definition) is 1. The van der Waals surface area contributed by atoms with Crippen molar-refractivity contribution in [3.8, 4) is 11.8 Å². The monoisotopic (exact) mass is 295 g/mol. The molecule has 7 nitrogen and oxygen atoms in total. The Balaban J connectivity index is 1.64. The molecule has 0 aliphatic carbocycles. The second kappa shape index (κ2) is 5.69. The second-order valence-electron chi connectivity index (χ2n) is 4.87. The molecule has 1 fully saturated rings. The maximum Gasteiger partial charge on any atom is 0.267 e. The molecule has 0 radical (unpaired) electrons. The fraction of sp³-hybridized carbons (Fsp3) is 0.200. The minimum absolute atomic E-state index is 0.0186. The van der Waals surface area contributed by atoms with Crippen LogP contribution < -0.4 is 15.4 Å². The zero-order chi connectivity index (χ0) is 15.5. The number of nitrogens with two attached hydrogens (primary N) is 1. The maximum absolute atomic E-state index is 11.1. The van der Waals surface area contributed by atoms with Crippen molar-refractivity contribution in [1.29, 1.82) is 5.26 Å². The Labute approximate surface area is 127 Å². The highest BCUT2D eigenvalue weighted by Crippen LogP contribution is 2.25. The van der Waals surface area contributed by atoms with Gasteiger partial charge in [-0.3, -0.25) is 9.78 Å². The lowest BCUT2D eigenvalue weighted by molar-refractivity contribution is 0.0994. The van der Waals surface area contributed by atoms with Gasteiger partial charge in [0.1, 0.15) is 23.6 Å². The molecule has 0 spiro atoms. The van der Waals surface area contributed by atoms with E-state index in [-0.39, 0.29) is 11.8 Å². The number of carbonyl (C=O) groups is 1. The molecule has 110 valence electrons. The number of rotatable bonds is 4. The van der Waals surface area contributed by atoms with E-state index in [0.29, 0.717) is 24.5 Å². The topological polar surface area (TPSA) is 105 Å². The number of hydrogen-bond acceptors (Lipinski definition) is 6. The number of anilines is 1. The fourth-order valence-corrected chi connectivity index (χ4v) is 2.26. The normalized spacial score (nSPS) is 14.0. The first kappa shape index (κ1) is 13.8. The summed E-state index contributed by atoms with van der Waals surface area (Å²) in [6.07, 6.45) is 3.06. The Kier molecular flexibility index (Phi) is 3.58. The molecule has 0 aromatic carbocycles. The summed E-state index contributed by atoms with van der Waals surface area (Å²) in [4.78, 5) is 21.0. The number of aromatic nitrogens is 2. The molecule has 0 bridgehead atoms. The highest BCUT2D eigenvalue weighted by atomic mass is 16.5. The summed E-state index contributed by atoms with van der Waals surface area (Å²) in [5, 5.41) is 9.05. The number of ether oxygens (including phenoxy) is 1. The number of nitrogens with zero attached hydrogens (tertiary/aromatic N) is 4. The van der Waals surface area contributed by atoms with Gasteiger partial charge in [-0.25, -0.2) is 4.98 Å². The Morgan fingerprint density at radius 3 is 2.91 bits per heavy atom. The first-order chi connectivity index (χ1) is 10.7. The standard InChI is InChI=1S/C15H13N5O2/c16-7-13-14(2-1-4-18-13)20-8-11(9-20)22-10-3-5-19-12(6-10)15(17)21/h1-6,11H,8-9H2,(H2,17,21). The van der Waals surface area contributed by atoms with Crippen molar-refractivity contribution in [1.82, 2.24) is 9.97 Å². The van der Waals surface area contributed by atoms with Crippen molar-refractivity contribution in [3.63, 3.8) is 0 Å². The van der Waals surface area contributed by atoms with Gasteiger partial charge in [0.05, 0.1) is 18.8 Å². The lowest BCUT2D eigenvalue weighted by atomic mass is 10.1. The minimum atomic E-state index is -0.588. The third-order valence-corrected chi connectivity index (χ3v) is 3.37. The fourth-order valence-electron chi connectivity index (χ4n) is 2.26. The average Bonchev–Trinajstić information content (AvgIpc) is 2.51. The number of pyridine rings is 2. The van der Waals surface area contributed by atoms with Crippen LogP contribution in [-0.4, -0.2) is 35.1 Å². The van der Waals surface area contributed by atoms with Gasteiger partial charge in [0.15, 0.2) is 5.69 Å². The number of amides is 1. The van der Waals surface area contributed by atoms with Gasteiger partial charge >= 0.3 is 0 Å². The van der Waals surface area contributed by atoms with Gasteiger partial charge in [0.2, 0.25) is 0 Å². The quantitative estimate of drug-likeness (QED) is 0.890. The van der Waals surface area contributed by atoms with E-state index in [9.17, 15) is 4.79 Å². The van der Waals surface area contributed by atoms with E-state index in [1.54, 1.807) is 18.3 Å². The molecule has 2 N–H and O–H groups in total. The molecule has 0 atom stereocenters. The zero-order valence-corrected chi connectivity index (χ0v) is 11.6. The van der Waals surface area contributed by atoms with Crippen molar-refractivity contribution in [2.24, 2.45) is 5.73 Å². The van der Waals surface area contributed by atoms with Gasteiger partial charge < -0.3 is 15.4 Å². The van der Waals surface area contributed by atoms with Gasteiger partial charge in [0.25, 0.3) is 5.91 Å². The van der Waals surface area contributed by atoms with Crippen LogP contribution in [0.25, 0.3) is 0 Å². The van der Waals surface area contributed by atoms with Crippen LogP contribution in [0.5, 0.6) is 5.75 Å². The van der Waals surface area contributed by atoms with Gasteiger partial charge in [0, 0.05) is 18.5 Å². The highest BCUT2D eigenvalue weighted by Gasteiger charge is 2.30. The lowest BCUT2D eigenvalue weighted by Crippen LogP contribution is -2.54. The largest absolute Gasteiger partial charge is 0.487 e. The first-order valence-electron chi connectivity index (χ1n) is 6.70. The SMILES string of the molecule is N#Cc1ncccc1N1CC(Oc2ccnc(C(N)=O)c2)C1. The van der Waals surface area contributed by atoms with E-state index >= 15 is 0 Å². The summed E-state index contributed by atoms with van der Waals surface area (Å²) in [5.41, 5.74) is 6.57. The minimum Gasteiger partial charge on any atom is -0.487 e. The van der Waals surface area contributed by atoms with Crippen molar-refractivity contribution >= 4 is 11.6 Å². The molecular formula is C15H13N5O2. The Hall–Kier alpha value is -3.14. The summed E-state index contributed by atoms with van der Waals surface area (Å²) < 4.78 is 5.77. The van der Waals surface area contributed by atoms with Crippen LogP contribution >= 0.6 is 0 Å². The smallest absolute Gasteiger partial charge is 0.267 e. The zero-order valence-electron chi connectivity index (χ0n) is 11.6. The predicted octanol–water partition coefficient (Wildman–Crippen LogP) is 0.715. The Bertz CT molecular complexity index is 750. The van der Waals surface area contributed by atoms with E-state index in [4.69, 9.17) is 15.7 Å². The van der Waals surface area contributed by atoms with Crippen molar-refractivity contribution in [3.05, 3.63) is 48.0 Å². The van der Waals surface area contributed by atoms with Crippen LogP contribution in [0.4, 0.5) is 5.69 Å². The number of nitriles is 1. The van der Waals surface area contributed by atoms with Crippen LogP contribution in [-0.2, 0) is 0 Å². The van der Waals surface area contributed by atoms with Crippen LogP contribution in [0.3, 0.4) is 0 Å². The van der Waals surface area contributed by atoms with Crippen LogP contribution in [0.1, 0.15) is 16.2 Å². The van der Waals surface area contributed by atoms with Crippen LogP contribution in [0.2, 0.25) is 0 Å². The summed E-state index contributed by atoms with van der Waals surface area (Å²) in [7, 11) is 0. The summed E-state index contributed by atoms with van der Waals surface area (Å²) >= 11 is 0. The maximum atomic E-state index is 11.1. The third-order valence-electron chi connectivity index (χ3n) is 3.37. The summed E-state index contributed by atoms with van der Waals surface area (Å²) in [6.45, 7) is 1.29. The second-order valence-corrected chi connectivity index (χ2v) is 4.87. The Morgan fingerprint density at radius 1 is 1.36 bits per heavy atom. The van der Waals surface area contributed by atoms with Crippen LogP contribution in [0.15, 0.2) is 36.7 Å². The van der Waals surface area contributed by atoms with E-state index in [2.05, 4.69) is 16.0 Å². The van der Waals surface area contributed by atoms with Gasteiger partial charge in [-0.2, -0.15) is 5.26 Å². The predicted molar refractivity (Wildman–Crippen MR) is 78.3 cm³/mol. The number of carbonyl (C=O) groups excluding carboxylic acids is 1. The van der Waals surface area contributed by atoms with Gasteiger partial charge in [-0.1, -0.05) is 0 Å². The first-order valence-corrected chi connectivity index (χ1v) is 6.70. The van der Waals surface area contributed by atoms with Crippen molar-refractivity contribution in [2.75, 3.05) is 18.0 Å². The third kappa shape index (κ3) is 2.67. The van der Waals surface area contributed by atoms with E-state index in [0.717, 1.165) is 5.69 Å². The molecule has 7 heteroatoms. The molecule has 1 aliphatic rings. The van der Waals surface area contributed by atoms with E-state index in [1.165, 1.54) is 12.3 Å². The van der Waals surface area contributed by atoms with Gasteiger partial charge in [-0.15, -0.1) is 0 Å². The van der Waals surface area contributed by atoms with Crippen molar-refractivity contribution in [2.45, 2.75) is 6.10 Å². The summed E-state index contributed by atoms with van der Waals surface area (Å²) in [6, 6.07) is 8.94. The molecule has 0 saturated carbocycles.